The zero-order valence-corrected chi connectivity index (χ0v) is 26.0. The van der Waals surface area contributed by atoms with Crippen molar-refractivity contribution in [2.45, 2.75) is 0 Å². The number of nitrogens with zero attached hydrogens (tertiary/aromatic N) is 8. The fourth-order valence-corrected chi connectivity index (χ4v) is 4.41. The average Bonchev–Trinajstić information content (AvgIpc) is 3.69. The van der Waals surface area contributed by atoms with Gasteiger partial charge in [0, 0.05) is 24.8 Å². The predicted molar refractivity (Wildman–Crippen MR) is 133 cm³/mol. The van der Waals surface area contributed by atoms with Crippen LogP contribution in [0.1, 0.15) is 0 Å². The molecule has 0 saturated carbocycles. The molecule has 0 amide bonds. The summed E-state index contributed by atoms with van der Waals surface area (Å²) >= 11 is 2.98. The van der Waals surface area contributed by atoms with Crippen LogP contribution in [0.25, 0.3) is 42.8 Å². The Kier molecular flexibility index (Phi) is 15.5. The number of pyridine rings is 4. The summed E-state index contributed by atoms with van der Waals surface area (Å²) in [5, 5.41) is 19.8. The molecule has 0 atom stereocenters. The molecule has 0 bridgehead atoms. The molecule has 16 nitrogen and oxygen atoms in total. The van der Waals surface area contributed by atoms with E-state index in [1.807, 2.05) is 72.8 Å². The van der Waals surface area contributed by atoms with E-state index in [4.69, 9.17) is 37.3 Å². The summed E-state index contributed by atoms with van der Waals surface area (Å²) < 4.78 is 67.9. The van der Waals surface area contributed by atoms with E-state index in [-0.39, 0.29) is 17.1 Å². The van der Waals surface area contributed by atoms with E-state index in [1.165, 1.54) is 22.7 Å². The van der Waals surface area contributed by atoms with Gasteiger partial charge in [0.2, 0.25) is 0 Å². The molecule has 0 aliphatic heterocycles. The van der Waals surface area contributed by atoms with Gasteiger partial charge >= 0.3 is 17.1 Å². The second-order valence-electron chi connectivity index (χ2n) is 7.44. The van der Waals surface area contributed by atoms with E-state index in [1.54, 1.807) is 24.8 Å². The van der Waals surface area contributed by atoms with Gasteiger partial charge < -0.3 is 0 Å². The van der Waals surface area contributed by atoms with E-state index in [0.717, 1.165) is 42.8 Å². The van der Waals surface area contributed by atoms with Crippen molar-refractivity contribution in [3.63, 3.8) is 0 Å². The zero-order valence-electron chi connectivity index (χ0n) is 22.0. The van der Waals surface area contributed by atoms with Crippen LogP contribution in [0.5, 0.6) is 0 Å². The van der Waals surface area contributed by atoms with Crippen molar-refractivity contribution < 1.29 is 74.8 Å². The molecule has 6 aromatic rings. The maximum Gasteiger partial charge on any atom is 2.00 e. The maximum atomic E-state index is 8.49. The monoisotopic (exact) mass is 741 g/mol. The molecule has 6 rings (SSSR count). The quantitative estimate of drug-likeness (QED) is 0.155. The molecule has 237 valence electrons. The fourth-order valence-electron chi connectivity index (χ4n) is 2.82. The largest absolute Gasteiger partial charge is 2.00 e. The molecule has 21 heteroatoms. The van der Waals surface area contributed by atoms with Crippen LogP contribution in [0.15, 0.2) is 97.6 Å². The standard InChI is InChI=1S/2C12H8N4S.2ClHO4.Cu/c2*1-3-7-13-9(5-1)11-15-16-12(17-11)10-6-2-4-8-14-10;2*2-1(3,4)5;/h2*1-8H;2*(H,2,3,4,5);/q;;;;+2/p-2. The van der Waals surface area contributed by atoms with E-state index in [0.29, 0.717) is 0 Å². The van der Waals surface area contributed by atoms with Gasteiger partial charge in [-0.2, -0.15) is 0 Å². The van der Waals surface area contributed by atoms with Gasteiger partial charge in [0.1, 0.15) is 22.8 Å². The Morgan fingerprint density at radius 3 is 0.733 bits per heavy atom. The molecule has 0 aromatic carbocycles. The second-order valence-corrected chi connectivity index (χ2v) is 10.9. The Bertz CT molecular complexity index is 1420. The molecule has 0 N–H and O–H groups in total. The number of hydrogen-bond donors (Lipinski definition) is 0. The minimum atomic E-state index is -4.94. The first kappa shape index (κ1) is 37.7. The Balaban J connectivity index is 0.000000239. The molecule has 0 saturated heterocycles. The summed E-state index contributed by atoms with van der Waals surface area (Å²) in [7, 11) is -9.89. The first-order chi connectivity index (χ1) is 20.9. The van der Waals surface area contributed by atoms with Crippen LogP contribution in [0.2, 0.25) is 0 Å². The van der Waals surface area contributed by atoms with Crippen LogP contribution in [0.4, 0.5) is 0 Å². The summed E-state index contributed by atoms with van der Waals surface area (Å²) in [5.74, 6) is 0. The molecule has 0 unspecified atom stereocenters. The summed E-state index contributed by atoms with van der Waals surface area (Å²) in [6.45, 7) is 0. The van der Waals surface area contributed by atoms with E-state index < -0.39 is 20.5 Å². The van der Waals surface area contributed by atoms with Crippen LogP contribution in [0.3, 0.4) is 0 Å². The minimum absolute atomic E-state index is 0. The third-order valence-electron chi connectivity index (χ3n) is 4.39. The Labute approximate surface area is 277 Å². The van der Waals surface area contributed by atoms with Gasteiger partial charge in [0.15, 0.2) is 20.0 Å². The molecule has 0 spiro atoms. The van der Waals surface area contributed by atoms with E-state index in [2.05, 4.69) is 40.3 Å². The molecule has 6 heterocycles. The van der Waals surface area contributed by atoms with E-state index >= 15 is 0 Å². The third kappa shape index (κ3) is 15.4. The van der Waals surface area contributed by atoms with Gasteiger partial charge in [0.25, 0.3) is 0 Å². The Morgan fingerprint density at radius 2 is 0.578 bits per heavy atom. The molecule has 0 aliphatic carbocycles. The van der Waals surface area contributed by atoms with Gasteiger partial charge in [0.05, 0.1) is 0 Å². The van der Waals surface area contributed by atoms with Crippen LogP contribution < -0.4 is 37.3 Å². The summed E-state index contributed by atoms with van der Waals surface area (Å²) in [5.41, 5.74) is 3.36. The number of halogens is 2. The Morgan fingerprint density at radius 1 is 0.378 bits per heavy atom. The van der Waals surface area contributed by atoms with E-state index in [9.17, 15) is 0 Å². The van der Waals surface area contributed by atoms with Gasteiger partial charge in [-0.25, -0.2) is 37.3 Å². The zero-order chi connectivity index (χ0) is 32.0. The van der Waals surface area contributed by atoms with Crippen molar-refractivity contribution in [3.8, 4) is 42.8 Å². The van der Waals surface area contributed by atoms with Crippen molar-refractivity contribution in [1.29, 1.82) is 0 Å². The summed E-state index contributed by atoms with van der Waals surface area (Å²) in [6, 6.07) is 22.9. The first-order valence-corrected chi connectivity index (χ1v) is 15.5. The molecule has 45 heavy (non-hydrogen) atoms. The van der Waals surface area contributed by atoms with Gasteiger partial charge in [-0.3, -0.25) is 19.9 Å². The minimum Gasteiger partial charge on any atom is -0.254 e. The topological polar surface area (TPSA) is 288 Å². The average molecular weight is 743 g/mol. The smallest absolute Gasteiger partial charge is 0.254 e. The fraction of sp³-hybridized carbons (Fsp3) is 0. The van der Waals surface area contributed by atoms with Gasteiger partial charge in [-0.1, -0.05) is 46.9 Å². The normalized spacial score (nSPS) is 10.5. The van der Waals surface area contributed by atoms with Crippen LogP contribution in [0, 0.1) is 20.5 Å². The second kappa shape index (κ2) is 18.5. The van der Waals surface area contributed by atoms with Crippen molar-refractivity contribution in [2.24, 2.45) is 0 Å². The summed E-state index contributed by atoms with van der Waals surface area (Å²) in [4.78, 5) is 17.0. The molecule has 1 radical (unpaired) electrons. The van der Waals surface area contributed by atoms with Crippen molar-refractivity contribution in [3.05, 3.63) is 97.6 Å². The van der Waals surface area contributed by atoms with Crippen LogP contribution >= 0.6 is 22.7 Å². The molecule has 0 aliphatic rings. The molecular weight excluding hydrogens is 727 g/mol. The number of rotatable bonds is 4. The van der Waals surface area contributed by atoms with Gasteiger partial charge in [-0.15, -0.1) is 40.9 Å². The SMILES string of the molecule is [Cu+2].[O-][Cl+3]([O-])([O-])[O-].[O-][Cl+3]([O-])([O-])[O-].c1ccc(-c2nnc(-c3ccccn3)s2)nc1.c1ccc(-c2nnc(-c3ccccn3)s2)nc1. The van der Waals surface area contributed by atoms with Crippen molar-refractivity contribution in [1.82, 2.24) is 40.3 Å². The predicted octanol–water partition coefficient (Wildman–Crippen LogP) is -4.19. The molecule has 0 fully saturated rings. The molecule has 6 aromatic heterocycles. The number of aromatic nitrogens is 8. The molecular formula is C24H16Cl2CuN8O8S2. The van der Waals surface area contributed by atoms with Crippen molar-refractivity contribution in [2.75, 3.05) is 0 Å². The van der Waals surface area contributed by atoms with Crippen molar-refractivity contribution >= 4 is 22.7 Å². The van der Waals surface area contributed by atoms with Crippen LogP contribution in [-0.2, 0) is 17.1 Å². The van der Waals surface area contributed by atoms with Crippen LogP contribution in [-0.4, -0.2) is 40.3 Å². The first-order valence-electron chi connectivity index (χ1n) is 11.4. The Hall–Kier alpha value is -3.50. The number of hydrogen-bond acceptors (Lipinski definition) is 18. The summed E-state index contributed by atoms with van der Waals surface area (Å²) in [6.07, 6.45) is 6.99. The third-order valence-corrected chi connectivity index (χ3v) is 6.32. The van der Waals surface area contributed by atoms with Gasteiger partial charge in [-0.05, 0) is 48.5 Å². The maximum absolute atomic E-state index is 8.49.